The highest BCUT2D eigenvalue weighted by Crippen LogP contribution is 2.27. The first kappa shape index (κ1) is 12.5. The first-order valence-electron chi connectivity index (χ1n) is 5.61. The molecule has 0 saturated carbocycles. The molecule has 0 aliphatic rings. The van der Waals surface area contributed by atoms with Gasteiger partial charge in [-0.1, -0.05) is 41.9 Å². The van der Waals surface area contributed by atoms with E-state index in [0.717, 1.165) is 0 Å². The van der Waals surface area contributed by atoms with Gasteiger partial charge in [0, 0.05) is 5.56 Å². The van der Waals surface area contributed by atoms with Crippen LogP contribution in [0.1, 0.15) is 11.1 Å². The summed E-state index contributed by atoms with van der Waals surface area (Å²) in [5.74, 6) is 0. The van der Waals surface area contributed by atoms with E-state index in [0.29, 0.717) is 5.21 Å². The number of benzene rings is 2. The van der Waals surface area contributed by atoms with Crippen LogP contribution in [0.15, 0.2) is 58.3 Å². The van der Waals surface area contributed by atoms with Gasteiger partial charge in [-0.15, -0.1) is 0 Å². The smallest absolute Gasteiger partial charge is 0.0672 e. The molecule has 17 heavy (non-hydrogen) atoms. The molecule has 0 saturated heterocycles. The van der Waals surface area contributed by atoms with E-state index < -0.39 is 0 Å². The third-order valence-corrected chi connectivity index (χ3v) is 5.43. The normalized spacial score (nSPS) is 12.4. The third kappa shape index (κ3) is 2.85. The summed E-state index contributed by atoms with van der Waals surface area (Å²) in [5, 5.41) is 0.647. The lowest BCUT2D eigenvalue weighted by Crippen LogP contribution is -2.07. The van der Waals surface area contributed by atoms with Crippen LogP contribution in [0, 0.1) is 13.8 Å². The van der Waals surface area contributed by atoms with Crippen LogP contribution < -0.4 is 0 Å². The first-order valence-corrected chi connectivity index (χ1v) is 7.54. The summed E-state index contributed by atoms with van der Waals surface area (Å²) in [5.41, 5.74) is 2.62. The lowest BCUT2D eigenvalue weighted by atomic mass is 10.2. The number of halogens is 1. The summed E-state index contributed by atoms with van der Waals surface area (Å²) in [6.45, 7) is 4.29. The van der Waals surface area contributed by atoms with Gasteiger partial charge >= 0.3 is 0 Å². The third-order valence-electron chi connectivity index (χ3n) is 2.75. The van der Waals surface area contributed by atoms with Gasteiger partial charge in [0.1, 0.15) is 0 Å². The molecular formula is C15H16ClS+. The van der Waals surface area contributed by atoms with Crippen molar-refractivity contribution in [1.29, 1.82) is 0 Å². The molecule has 2 aromatic rings. The van der Waals surface area contributed by atoms with Crippen molar-refractivity contribution < 1.29 is 0 Å². The van der Waals surface area contributed by atoms with Gasteiger partial charge in [0.15, 0.2) is 15.0 Å². The van der Waals surface area contributed by atoms with E-state index in [9.17, 15) is 0 Å². The minimum atomic E-state index is -0.0146. The highest BCUT2D eigenvalue weighted by Gasteiger charge is 2.25. The fourth-order valence-corrected chi connectivity index (χ4v) is 4.30. The zero-order valence-corrected chi connectivity index (χ0v) is 11.7. The highest BCUT2D eigenvalue weighted by molar-refractivity contribution is 7.98. The standard InChI is InChI=1S/C15H16ClS/c1-12-8-9-13(2)15(10-12)17(11-16)14-6-4-3-5-7-14/h3-10H,11H2,1-2H3/q+1. The van der Waals surface area contributed by atoms with Crippen LogP contribution in [0.5, 0.6) is 0 Å². The summed E-state index contributed by atoms with van der Waals surface area (Å²) in [7, 11) is -0.0146. The summed E-state index contributed by atoms with van der Waals surface area (Å²) in [4.78, 5) is 2.68. The minimum Gasteiger partial charge on any atom is -0.0672 e. The van der Waals surface area contributed by atoms with E-state index in [1.54, 1.807) is 0 Å². The van der Waals surface area contributed by atoms with E-state index in [4.69, 9.17) is 11.6 Å². The van der Waals surface area contributed by atoms with Crippen LogP contribution in [0.25, 0.3) is 0 Å². The average molecular weight is 264 g/mol. The SMILES string of the molecule is Cc1ccc(C)c([S+](CCl)c2ccccc2)c1. The maximum Gasteiger partial charge on any atom is 0.192 e. The molecule has 88 valence electrons. The Hall–Kier alpha value is -0.920. The zero-order chi connectivity index (χ0) is 12.3. The fraction of sp³-hybridized carbons (Fsp3) is 0.200. The van der Waals surface area contributed by atoms with Crippen LogP contribution in [0.3, 0.4) is 0 Å². The van der Waals surface area contributed by atoms with Crippen molar-refractivity contribution in [3.63, 3.8) is 0 Å². The van der Waals surface area contributed by atoms with Crippen molar-refractivity contribution in [2.45, 2.75) is 23.6 Å². The Balaban J connectivity index is 2.46. The molecule has 0 aliphatic carbocycles. The van der Waals surface area contributed by atoms with Gasteiger partial charge in [-0.25, -0.2) is 0 Å². The Bertz CT molecular complexity index is 494. The Kier molecular flexibility index (Phi) is 4.14. The molecule has 0 bridgehead atoms. The second-order valence-electron chi connectivity index (χ2n) is 4.08. The second kappa shape index (κ2) is 5.61. The predicted molar refractivity (Wildman–Crippen MR) is 77.0 cm³/mol. The minimum absolute atomic E-state index is 0.0146. The van der Waals surface area contributed by atoms with Gasteiger partial charge in [-0.2, -0.15) is 0 Å². The first-order chi connectivity index (χ1) is 8.22. The monoisotopic (exact) mass is 263 g/mol. The highest BCUT2D eigenvalue weighted by atomic mass is 35.5. The largest absolute Gasteiger partial charge is 0.192 e. The van der Waals surface area contributed by atoms with Gasteiger partial charge in [0.25, 0.3) is 0 Å². The lowest BCUT2D eigenvalue weighted by molar-refractivity contribution is 1.24. The van der Waals surface area contributed by atoms with Crippen molar-refractivity contribution in [3.8, 4) is 0 Å². The molecule has 0 aromatic heterocycles. The number of aryl methyl sites for hydroxylation is 2. The molecule has 1 atom stereocenters. The van der Waals surface area contributed by atoms with E-state index >= 15 is 0 Å². The number of alkyl halides is 1. The van der Waals surface area contributed by atoms with E-state index in [-0.39, 0.29) is 10.9 Å². The molecule has 2 rings (SSSR count). The summed E-state index contributed by atoms with van der Waals surface area (Å²) >= 11 is 6.17. The van der Waals surface area contributed by atoms with Crippen LogP contribution in [-0.2, 0) is 10.9 Å². The Morgan fingerprint density at radius 2 is 1.71 bits per heavy atom. The Morgan fingerprint density at radius 3 is 2.35 bits per heavy atom. The lowest BCUT2D eigenvalue weighted by Gasteiger charge is -2.08. The molecule has 2 heteroatoms. The molecular weight excluding hydrogens is 248 g/mol. The fourth-order valence-electron chi connectivity index (χ4n) is 1.81. The van der Waals surface area contributed by atoms with Gasteiger partial charge in [0.2, 0.25) is 0 Å². The van der Waals surface area contributed by atoms with Gasteiger partial charge < -0.3 is 0 Å². The predicted octanol–water partition coefficient (Wildman–Crippen LogP) is 4.54. The van der Waals surface area contributed by atoms with Crippen LogP contribution in [0.4, 0.5) is 0 Å². The van der Waals surface area contributed by atoms with E-state index in [1.165, 1.54) is 20.9 Å². The topological polar surface area (TPSA) is 0 Å². The van der Waals surface area contributed by atoms with Crippen molar-refractivity contribution in [3.05, 3.63) is 59.7 Å². The summed E-state index contributed by atoms with van der Waals surface area (Å²) in [6.07, 6.45) is 0. The number of hydrogen-bond acceptors (Lipinski definition) is 0. The number of rotatable bonds is 3. The van der Waals surface area contributed by atoms with E-state index in [1.807, 2.05) is 6.07 Å². The van der Waals surface area contributed by atoms with Crippen molar-refractivity contribution in [2.75, 3.05) is 5.21 Å². The molecule has 0 amide bonds. The molecule has 0 aliphatic heterocycles. The van der Waals surface area contributed by atoms with Crippen molar-refractivity contribution in [2.24, 2.45) is 0 Å². The Morgan fingerprint density at radius 1 is 1.00 bits per heavy atom. The molecule has 1 unspecified atom stereocenters. The summed E-state index contributed by atoms with van der Waals surface area (Å²) < 4.78 is 0. The van der Waals surface area contributed by atoms with Gasteiger partial charge in [0.05, 0.1) is 10.9 Å². The van der Waals surface area contributed by atoms with Crippen LogP contribution >= 0.6 is 11.6 Å². The van der Waals surface area contributed by atoms with Crippen LogP contribution in [-0.4, -0.2) is 5.21 Å². The second-order valence-corrected chi connectivity index (χ2v) is 6.65. The number of hydrogen-bond donors (Lipinski definition) is 0. The maximum absolute atomic E-state index is 6.17. The maximum atomic E-state index is 6.17. The molecule has 0 N–H and O–H groups in total. The molecule has 0 fully saturated rings. The van der Waals surface area contributed by atoms with Crippen molar-refractivity contribution in [1.82, 2.24) is 0 Å². The molecule has 0 heterocycles. The molecule has 2 aromatic carbocycles. The van der Waals surface area contributed by atoms with Crippen molar-refractivity contribution >= 4 is 22.5 Å². The molecule has 0 radical (unpaired) electrons. The average Bonchev–Trinajstić information content (AvgIpc) is 2.36. The zero-order valence-electron chi connectivity index (χ0n) is 10.1. The van der Waals surface area contributed by atoms with E-state index in [2.05, 4.69) is 56.3 Å². The Labute approximate surface area is 111 Å². The van der Waals surface area contributed by atoms with Gasteiger partial charge in [-0.05, 0) is 37.6 Å². The van der Waals surface area contributed by atoms with Gasteiger partial charge in [-0.3, -0.25) is 0 Å². The summed E-state index contributed by atoms with van der Waals surface area (Å²) in [6, 6.07) is 17.1. The molecule has 0 spiro atoms. The quantitative estimate of drug-likeness (QED) is 0.564. The van der Waals surface area contributed by atoms with Crippen LogP contribution in [0.2, 0.25) is 0 Å². The molecule has 0 nitrogen and oxygen atoms in total.